The summed E-state index contributed by atoms with van der Waals surface area (Å²) in [6.45, 7) is 4.48. The van der Waals surface area contributed by atoms with Crippen LogP contribution in [0.25, 0.3) is 5.65 Å². The fraction of sp³-hybridized carbons (Fsp3) is 0.381. The van der Waals surface area contributed by atoms with Gasteiger partial charge in [-0.05, 0) is 56.9 Å². The highest BCUT2D eigenvalue weighted by atomic mass is 35.5. The average molecular weight is 462 g/mol. The Morgan fingerprint density at radius 3 is 2.74 bits per heavy atom. The van der Waals surface area contributed by atoms with Crippen LogP contribution in [0, 0.1) is 13.8 Å². The Hall–Kier alpha value is -2.65. The number of carbonyl (C=O) groups is 1. The van der Waals surface area contributed by atoms with Gasteiger partial charge in [-0.25, -0.2) is 17.9 Å². The monoisotopic (exact) mass is 461 g/mol. The van der Waals surface area contributed by atoms with Crippen molar-refractivity contribution >= 4 is 38.9 Å². The number of carbonyl (C=O) groups excluding carboxylic acids is 1. The summed E-state index contributed by atoms with van der Waals surface area (Å²) in [5.74, 6) is -0.282. The predicted octanol–water partition coefficient (Wildman–Crippen LogP) is 3.74. The molecule has 3 heterocycles. The van der Waals surface area contributed by atoms with E-state index in [1.54, 1.807) is 15.5 Å². The van der Waals surface area contributed by atoms with Gasteiger partial charge in [0.2, 0.25) is 10.0 Å². The SMILES string of the molecule is Cc1cn2nc([C@@H]3CCCCN3C(=O)c3cc(Cl)ccc3NS(C)(=O)=O)cc2nc1C. The Kier molecular flexibility index (Phi) is 5.65. The Labute approximate surface area is 186 Å². The number of sulfonamides is 1. The van der Waals surface area contributed by atoms with Crippen molar-refractivity contribution in [1.82, 2.24) is 19.5 Å². The summed E-state index contributed by atoms with van der Waals surface area (Å²) in [6.07, 6.45) is 5.58. The zero-order valence-electron chi connectivity index (χ0n) is 17.6. The molecule has 1 aliphatic rings. The van der Waals surface area contributed by atoms with E-state index in [1.165, 1.54) is 12.1 Å². The third-order valence-electron chi connectivity index (χ3n) is 5.52. The molecule has 0 aliphatic carbocycles. The molecule has 2 aromatic heterocycles. The highest BCUT2D eigenvalue weighted by Gasteiger charge is 2.32. The summed E-state index contributed by atoms with van der Waals surface area (Å²) in [6, 6.07) is 6.25. The van der Waals surface area contributed by atoms with Crippen molar-refractivity contribution in [3.63, 3.8) is 0 Å². The number of nitrogens with one attached hydrogen (secondary N) is 1. The van der Waals surface area contributed by atoms with Crippen molar-refractivity contribution in [3.05, 3.63) is 58.0 Å². The van der Waals surface area contributed by atoms with Gasteiger partial charge in [-0.2, -0.15) is 5.10 Å². The van der Waals surface area contributed by atoms with E-state index < -0.39 is 10.0 Å². The van der Waals surface area contributed by atoms with Gasteiger partial charge in [0.1, 0.15) is 0 Å². The first-order valence-electron chi connectivity index (χ1n) is 10.0. The summed E-state index contributed by atoms with van der Waals surface area (Å²) in [4.78, 5) is 19.9. The Morgan fingerprint density at radius 2 is 2.00 bits per heavy atom. The summed E-state index contributed by atoms with van der Waals surface area (Å²) in [5.41, 5.74) is 3.91. The molecule has 164 valence electrons. The average Bonchev–Trinajstić information content (AvgIpc) is 3.10. The van der Waals surface area contributed by atoms with Crippen LogP contribution in [0.5, 0.6) is 0 Å². The first-order valence-corrected chi connectivity index (χ1v) is 12.3. The van der Waals surface area contributed by atoms with E-state index in [-0.39, 0.29) is 23.2 Å². The van der Waals surface area contributed by atoms with E-state index in [4.69, 9.17) is 11.6 Å². The molecule has 8 nitrogen and oxygen atoms in total. The number of likely N-dealkylation sites (tertiary alicyclic amines) is 1. The van der Waals surface area contributed by atoms with Crippen molar-refractivity contribution in [2.75, 3.05) is 17.5 Å². The number of fused-ring (bicyclic) bond motifs is 1. The van der Waals surface area contributed by atoms with Crippen LogP contribution in [0.1, 0.15) is 52.6 Å². The molecule has 1 aromatic carbocycles. The van der Waals surface area contributed by atoms with Crippen LogP contribution in [-0.4, -0.2) is 46.6 Å². The second-order valence-electron chi connectivity index (χ2n) is 7.96. The summed E-state index contributed by atoms with van der Waals surface area (Å²) >= 11 is 6.14. The number of benzene rings is 1. The molecule has 1 amide bonds. The van der Waals surface area contributed by atoms with E-state index in [0.717, 1.165) is 48.1 Å². The lowest BCUT2D eigenvalue weighted by molar-refractivity contribution is 0.0607. The first-order chi connectivity index (χ1) is 14.6. The Bertz CT molecular complexity index is 1230. The highest BCUT2D eigenvalue weighted by Crippen LogP contribution is 2.34. The largest absolute Gasteiger partial charge is 0.330 e. The second-order valence-corrected chi connectivity index (χ2v) is 10.1. The standard InChI is InChI=1S/C21H24ClN5O3S/c1-13-12-27-20(23-14(13)2)11-18(24-27)19-6-4-5-9-26(19)21(28)16-10-15(22)7-8-17(16)25-31(3,29)30/h7-8,10-12,19,25H,4-6,9H2,1-3H3/t19-/m0/s1. The number of rotatable bonds is 4. The third kappa shape index (κ3) is 4.52. The van der Waals surface area contributed by atoms with Crippen molar-refractivity contribution in [3.8, 4) is 0 Å². The summed E-state index contributed by atoms with van der Waals surface area (Å²) in [5, 5.41) is 5.05. The van der Waals surface area contributed by atoms with Crippen LogP contribution in [0.4, 0.5) is 5.69 Å². The van der Waals surface area contributed by atoms with Crippen LogP contribution >= 0.6 is 11.6 Å². The number of aryl methyl sites for hydroxylation is 2. The van der Waals surface area contributed by atoms with E-state index in [1.807, 2.05) is 26.1 Å². The molecule has 1 fully saturated rings. The van der Waals surface area contributed by atoms with Crippen molar-refractivity contribution in [1.29, 1.82) is 0 Å². The smallest absolute Gasteiger partial charge is 0.256 e. The molecule has 1 saturated heterocycles. The minimum Gasteiger partial charge on any atom is -0.330 e. The number of piperidine rings is 1. The number of aromatic nitrogens is 3. The van der Waals surface area contributed by atoms with Crippen LogP contribution in [0.3, 0.4) is 0 Å². The maximum absolute atomic E-state index is 13.5. The second kappa shape index (κ2) is 8.12. The number of amides is 1. The fourth-order valence-corrected chi connectivity index (χ4v) is 4.65. The Balaban J connectivity index is 1.73. The van der Waals surface area contributed by atoms with Gasteiger partial charge >= 0.3 is 0 Å². The van der Waals surface area contributed by atoms with Gasteiger partial charge in [-0.1, -0.05) is 11.6 Å². The number of hydrogen-bond acceptors (Lipinski definition) is 5. The quantitative estimate of drug-likeness (QED) is 0.638. The van der Waals surface area contributed by atoms with E-state index in [2.05, 4.69) is 14.8 Å². The van der Waals surface area contributed by atoms with Gasteiger partial charge in [0, 0.05) is 29.5 Å². The van der Waals surface area contributed by atoms with Gasteiger partial charge in [0.15, 0.2) is 5.65 Å². The number of anilines is 1. The van der Waals surface area contributed by atoms with Gasteiger partial charge in [0.25, 0.3) is 5.91 Å². The van der Waals surface area contributed by atoms with E-state index in [9.17, 15) is 13.2 Å². The fourth-order valence-electron chi connectivity index (χ4n) is 3.90. The molecule has 0 saturated carbocycles. The molecule has 0 spiro atoms. The van der Waals surface area contributed by atoms with Crippen molar-refractivity contribution in [2.24, 2.45) is 0 Å². The molecular formula is C21H24ClN5O3S. The third-order valence-corrected chi connectivity index (χ3v) is 6.34. The minimum absolute atomic E-state index is 0.212. The zero-order chi connectivity index (χ0) is 22.3. The molecule has 1 aliphatic heterocycles. The number of nitrogens with zero attached hydrogens (tertiary/aromatic N) is 4. The van der Waals surface area contributed by atoms with Crippen LogP contribution in [0.2, 0.25) is 5.02 Å². The van der Waals surface area contributed by atoms with Gasteiger partial charge in [-0.15, -0.1) is 0 Å². The molecule has 1 atom stereocenters. The lowest BCUT2D eigenvalue weighted by Crippen LogP contribution is -2.39. The van der Waals surface area contributed by atoms with Gasteiger partial charge in [0.05, 0.1) is 29.2 Å². The molecule has 4 rings (SSSR count). The van der Waals surface area contributed by atoms with Crippen LogP contribution in [0.15, 0.2) is 30.5 Å². The zero-order valence-corrected chi connectivity index (χ0v) is 19.2. The maximum atomic E-state index is 13.5. The summed E-state index contributed by atoms with van der Waals surface area (Å²) < 4.78 is 27.7. The number of halogens is 1. The van der Waals surface area contributed by atoms with Crippen molar-refractivity contribution in [2.45, 2.75) is 39.2 Å². The van der Waals surface area contributed by atoms with E-state index in [0.29, 0.717) is 11.6 Å². The van der Waals surface area contributed by atoms with Crippen LogP contribution < -0.4 is 4.72 Å². The molecule has 0 bridgehead atoms. The molecule has 3 aromatic rings. The molecule has 10 heteroatoms. The van der Waals surface area contributed by atoms with Gasteiger partial charge in [-0.3, -0.25) is 9.52 Å². The molecule has 0 unspecified atom stereocenters. The van der Waals surface area contributed by atoms with Crippen molar-refractivity contribution < 1.29 is 13.2 Å². The normalized spacial score (nSPS) is 17.2. The Morgan fingerprint density at radius 1 is 1.23 bits per heavy atom. The molecule has 31 heavy (non-hydrogen) atoms. The lowest BCUT2D eigenvalue weighted by atomic mass is 9.98. The highest BCUT2D eigenvalue weighted by molar-refractivity contribution is 7.92. The number of hydrogen-bond donors (Lipinski definition) is 1. The predicted molar refractivity (Wildman–Crippen MR) is 120 cm³/mol. The molecule has 0 radical (unpaired) electrons. The summed E-state index contributed by atoms with van der Waals surface area (Å²) in [7, 11) is -3.56. The lowest BCUT2D eigenvalue weighted by Gasteiger charge is -2.35. The first kappa shape index (κ1) is 21.6. The topological polar surface area (TPSA) is 96.7 Å². The minimum atomic E-state index is -3.56. The molecular weight excluding hydrogens is 438 g/mol. The maximum Gasteiger partial charge on any atom is 0.256 e. The molecule has 1 N–H and O–H groups in total. The van der Waals surface area contributed by atoms with Crippen LogP contribution in [-0.2, 0) is 10.0 Å². The van der Waals surface area contributed by atoms with Gasteiger partial charge < -0.3 is 4.90 Å². The van der Waals surface area contributed by atoms with E-state index >= 15 is 0 Å².